The Balaban J connectivity index is 2.15. The molecule has 6 heteroatoms. The van der Waals surface area contributed by atoms with Crippen LogP contribution in [0.4, 0.5) is 0 Å². The van der Waals surface area contributed by atoms with Gasteiger partial charge in [0.15, 0.2) is 5.75 Å². The summed E-state index contributed by atoms with van der Waals surface area (Å²) in [7, 11) is 0. The third kappa shape index (κ3) is 3.98. The van der Waals surface area contributed by atoms with Crippen molar-refractivity contribution in [3.63, 3.8) is 0 Å². The van der Waals surface area contributed by atoms with Crippen molar-refractivity contribution in [3.05, 3.63) is 61.5 Å². The molecule has 1 N–H and O–H groups in total. The number of hydrogen-bond donors (Lipinski definition) is 1. The van der Waals surface area contributed by atoms with Crippen molar-refractivity contribution in [2.24, 2.45) is 5.16 Å². The van der Waals surface area contributed by atoms with E-state index in [1.807, 2.05) is 24.3 Å². The van der Waals surface area contributed by atoms with Crippen LogP contribution >= 0.6 is 43.5 Å². The highest BCUT2D eigenvalue weighted by Crippen LogP contribution is 2.34. The van der Waals surface area contributed by atoms with Crippen LogP contribution in [0.15, 0.2) is 50.5 Å². The van der Waals surface area contributed by atoms with E-state index in [2.05, 4.69) is 37.0 Å². The number of rotatable bonds is 4. The molecule has 104 valence electrons. The van der Waals surface area contributed by atoms with E-state index in [9.17, 15) is 0 Å². The van der Waals surface area contributed by atoms with Crippen molar-refractivity contribution < 1.29 is 9.94 Å². The molecule has 0 spiro atoms. The third-order valence-corrected chi connectivity index (χ3v) is 3.92. The van der Waals surface area contributed by atoms with Gasteiger partial charge in [-0.3, -0.25) is 0 Å². The normalized spacial score (nSPS) is 10.9. The Bertz CT molecular complexity index is 607. The summed E-state index contributed by atoms with van der Waals surface area (Å²) in [4.78, 5) is 0. The zero-order chi connectivity index (χ0) is 14.5. The van der Waals surface area contributed by atoms with Crippen LogP contribution in [0.1, 0.15) is 11.1 Å². The largest absolute Gasteiger partial charge is 0.486 e. The van der Waals surface area contributed by atoms with Crippen LogP contribution < -0.4 is 4.74 Å². The van der Waals surface area contributed by atoms with Crippen LogP contribution in [-0.2, 0) is 6.61 Å². The summed E-state index contributed by atoms with van der Waals surface area (Å²) in [6, 6.07) is 11.3. The fraction of sp³-hybridized carbons (Fsp3) is 0.0714. The summed E-state index contributed by atoms with van der Waals surface area (Å²) in [6.07, 6.45) is 1.30. The number of benzene rings is 2. The molecule has 20 heavy (non-hydrogen) atoms. The molecule has 0 aliphatic rings. The summed E-state index contributed by atoms with van der Waals surface area (Å²) in [6.45, 7) is 0.416. The third-order valence-electron chi connectivity index (χ3n) is 2.52. The molecule has 0 bridgehead atoms. The summed E-state index contributed by atoms with van der Waals surface area (Å²) in [5.41, 5.74) is 1.72. The van der Waals surface area contributed by atoms with Crippen LogP contribution in [-0.4, -0.2) is 11.4 Å². The smallest absolute Gasteiger partial charge is 0.152 e. The highest BCUT2D eigenvalue weighted by atomic mass is 79.9. The summed E-state index contributed by atoms with van der Waals surface area (Å²) >= 11 is 12.9. The molecule has 0 fully saturated rings. The van der Waals surface area contributed by atoms with E-state index in [4.69, 9.17) is 21.5 Å². The zero-order valence-electron chi connectivity index (χ0n) is 10.2. The lowest BCUT2D eigenvalue weighted by molar-refractivity contribution is 0.304. The predicted octanol–water partition coefficient (Wildman–Crippen LogP) is 5.25. The Morgan fingerprint density at radius 2 is 1.90 bits per heavy atom. The van der Waals surface area contributed by atoms with E-state index >= 15 is 0 Å². The van der Waals surface area contributed by atoms with E-state index in [1.54, 1.807) is 12.1 Å². The van der Waals surface area contributed by atoms with Gasteiger partial charge in [0.1, 0.15) is 6.61 Å². The lowest BCUT2D eigenvalue weighted by Gasteiger charge is -2.11. The predicted molar refractivity (Wildman–Crippen MR) is 87.0 cm³/mol. The molecule has 0 aliphatic carbocycles. The molecule has 0 aliphatic heterocycles. The highest BCUT2D eigenvalue weighted by molar-refractivity contribution is 9.10. The van der Waals surface area contributed by atoms with Gasteiger partial charge >= 0.3 is 0 Å². The Kier molecular flexibility index (Phi) is 5.46. The first-order chi connectivity index (χ1) is 9.60. The van der Waals surface area contributed by atoms with Crippen molar-refractivity contribution in [2.75, 3.05) is 0 Å². The molecule has 0 saturated carbocycles. The topological polar surface area (TPSA) is 41.8 Å². The first kappa shape index (κ1) is 15.4. The van der Waals surface area contributed by atoms with Crippen LogP contribution in [0, 0.1) is 0 Å². The second-order valence-electron chi connectivity index (χ2n) is 3.97. The highest BCUT2D eigenvalue weighted by Gasteiger charge is 2.09. The summed E-state index contributed by atoms with van der Waals surface area (Å²) in [5, 5.41) is 11.9. The van der Waals surface area contributed by atoms with Gasteiger partial charge in [-0.2, -0.15) is 0 Å². The van der Waals surface area contributed by atoms with Crippen molar-refractivity contribution >= 4 is 49.7 Å². The number of halogens is 3. The Morgan fingerprint density at radius 1 is 1.20 bits per heavy atom. The van der Waals surface area contributed by atoms with Gasteiger partial charge in [0.05, 0.1) is 15.7 Å². The van der Waals surface area contributed by atoms with Crippen molar-refractivity contribution in [1.29, 1.82) is 0 Å². The van der Waals surface area contributed by atoms with E-state index in [0.29, 0.717) is 27.4 Å². The van der Waals surface area contributed by atoms with Gasteiger partial charge in [-0.1, -0.05) is 44.8 Å². The van der Waals surface area contributed by atoms with Crippen LogP contribution in [0.2, 0.25) is 5.02 Å². The molecule has 0 amide bonds. The summed E-state index contributed by atoms with van der Waals surface area (Å²) < 4.78 is 7.45. The van der Waals surface area contributed by atoms with Gasteiger partial charge in [-0.25, -0.2) is 0 Å². The molecule has 0 unspecified atom stereocenters. The maximum atomic E-state index is 8.52. The number of hydrogen-bond acceptors (Lipinski definition) is 3. The first-order valence-electron chi connectivity index (χ1n) is 5.64. The quantitative estimate of drug-likeness (QED) is 0.418. The molecule has 2 rings (SSSR count). The molecule has 0 radical (unpaired) electrons. The number of oxime groups is 1. The minimum absolute atomic E-state index is 0.416. The maximum Gasteiger partial charge on any atom is 0.152 e. The van der Waals surface area contributed by atoms with E-state index in [0.717, 1.165) is 10.0 Å². The van der Waals surface area contributed by atoms with Crippen LogP contribution in [0.3, 0.4) is 0 Å². The minimum Gasteiger partial charge on any atom is -0.486 e. The SMILES string of the molecule is O/N=C/c1cc(Cl)c(OCc2ccc(Br)cc2)c(Br)c1. The molecule has 2 aromatic carbocycles. The van der Waals surface area contributed by atoms with Gasteiger partial charge in [0, 0.05) is 4.47 Å². The van der Waals surface area contributed by atoms with Gasteiger partial charge in [-0.05, 0) is 51.3 Å². The van der Waals surface area contributed by atoms with Gasteiger partial charge in [-0.15, -0.1) is 0 Å². The Labute approximate surface area is 138 Å². The molecule has 0 atom stereocenters. The zero-order valence-corrected chi connectivity index (χ0v) is 14.1. The first-order valence-corrected chi connectivity index (χ1v) is 7.60. The Hall–Kier alpha value is -1.04. The minimum atomic E-state index is 0.416. The fourth-order valence-corrected chi connectivity index (χ4v) is 2.85. The average molecular weight is 420 g/mol. The molecule has 0 heterocycles. The molecule has 3 nitrogen and oxygen atoms in total. The average Bonchev–Trinajstić information content (AvgIpc) is 2.40. The molecular formula is C14H10Br2ClNO2. The number of ether oxygens (including phenoxy) is 1. The fourth-order valence-electron chi connectivity index (χ4n) is 1.59. The van der Waals surface area contributed by atoms with Gasteiger partial charge in [0.25, 0.3) is 0 Å². The standard InChI is InChI=1S/C14H10Br2ClNO2/c15-11-3-1-9(2-4-11)8-20-14-12(16)5-10(7-18-19)6-13(14)17/h1-7,19H,8H2/b18-7+. The molecular weight excluding hydrogens is 409 g/mol. The second-order valence-corrected chi connectivity index (χ2v) is 6.15. The van der Waals surface area contributed by atoms with Gasteiger partial charge in [0.2, 0.25) is 0 Å². The summed E-state index contributed by atoms with van der Waals surface area (Å²) in [5.74, 6) is 0.560. The maximum absolute atomic E-state index is 8.52. The second kappa shape index (κ2) is 7.11. The number of nitrogens with zero attached hydrogens (tertiary/aromatic N) is 1. The Morgan fingerprint density at radius 3 is 2.50 bits per heavy atom. The van der Waals surface area contributed by atoms with Gasteiger partial charge < -0.3 is 9.94 Å². The van der Waals surface area contributed by atoms with E-state index in [-0.39, 0.29) is 0 Å². The lowest BCUT2D eigenvalue weighted by atomic mass is 10.2. The van der Waals surface area contributed by atoms with E-state index in [1.165, 1.54) is 6.21 Å². The van der Waals surface area contributed by atoms with Crippen LogP contribution in [0.25, 0.3) is 0 Å². The van der Waals surface area contributed by atoms with Crippen molar-refractivity contribution in [2.45, 2.75) is 6.61 Å². The van der Waals surface area contributed by atoms with E-state index < -0.39 is 0 Å². The molecule has 0 saturated heterocycles. The van der Waals surface area contributed by atoms with Crippen molar-refractivity contribution in [3.8, 4) is 5.75 Å². The van der Waals surface area contributed by atoms with Crippen LogP contribution in [0.5, 0.6) is 5.75 Å². The molecule has 0 aromatic heterocycles. The lowest BCUT2D eigenvalue weighted by Crippen LogP contribution is -1.97. The monoisotopic (exact) mass is 417 g/mol. The van der Waals surface area contributed by atoms with Crippen molar-refractivity contribution in [1.82, 2.24) is 0 Å². The molecule has 2 aromatic rings.